The average molecular weight is 359 g/mol. The molecule has 0 aliphatic rings. The summed E-state index contributed by atoms with van der Waals surface area (Å²) >= 11 is 9.10. The molecule has 0 aliphatic heterocycles. The molecule has 0 atom stereocenters. The highest BCUT2D eigenvalue weighted by Crippen LogP contribution is 2.28. The number of methoxy groups -OCH3 is 1. The lowest BCUT2D eigenvalue weighted by molar-refractivity contribution is 0.102. The maximum atomic E-state index is 13.8. The van der Waals surface area contributed by atoms with Gasteiger partial charge in [0.25, 0.3) is 5.91 Å². The van der Waals surface area contributed by atoms with Crippen molar-refractivity contribution in [3.63, 3.8) is 0 Å². The number of carbonyl (C=O) groups is 1. The Morgan fingerprint density at radius 1 is 1.35 bits per heavy atom. The number of amides is 1. The molecule has 0 radical (unpaired) electrons. The summed E-state index contributed by atoms with van der Waals surface area (Å²) in [6, 6.07) is 9.08. The Balaban J connectivity index is 2.33. The summed E-state index contributed by atoms with van der Waals surface area (Å²) in [5, 5.41) is 3.13. The van der Waals surface area contributed by atoms with Gasteiger partial charge in [-0.15, -0.1) is 0 Å². The summed E-state index contributed by atoms with van der Waals surface area (Å²) in [6.45, 7) is 0. The van der Waals surface area contributed by atoms with Gasteiger partial charge in [0.15, 0.2) is 0 Å². The Morgan fingerprint density at radius 3 is 2.75 bits per heavy atom. The molecule has 1 amide bonds. The molecule has 0 saturated carbocycles. The third-order valence-electron chi connectivity index (χ3n) is 2.60. The number of hydrogen-bond donors (Lipinski definition) is 1. The van der Waals surface area contributed by atoms with E-state index in [4.69, 9.17) is 16.3 Å². The van der Waals surface area contributed by atoms with Gasteiger partial charge >= 0.3 is 0 Å². The molecule has 0 spiro atoms. The normalized spacial score (nSPS) is 10.2. The van der Waals surface area contributed by atoms with Crippen LogP contribution in [-0.4, -0.2) is 13.0 Å². The Bertz CT molecular complexity index is 664. The molecule has 2 aromatic rings. The van der Waals surface area contributed by atoms with Crippen LogP contribution in [0, 0.1) is 5.82 Å². The monoisotopic (exact) mass is 357 g/mol. The molecular weight excluding hydrogens is 349 g/mol. The summed E-state index contributed by atoms with van der Waals surface area (Å²) in [5.41, 5.74) is 0.349. The van der Waals surface area contributed by atoms with Crippen molar-refractivity contribution in [3.05, 3.63) is 57.3 Å². The first-order valence-corrected chi connectivity index (χ1v) is 6.79. The molecule has 20 heavy (non-hydrogen) atoms. The number of nitrogens with one attached hydrogen (secondary N) is 1. The molecular formula is C14H10BrClFNO2. The van der Waals surface area contributed by atoms with E-state index in [0.29, 0.717) is 15.2 Å². The molecule has 0 aromatic heterocycles. The molecule has 6 heteroatoms. The van der Waals surface area contributed by atoms with Crippen LogP contribution in [0.1, 0.15) is 10.4 Å². The highest BCUT2D eigenvalue weighted by atomic mass is 79.9. The first-order chi connectivity index (χ1) is 9.52. The zero-order valence-electron chi connectivity index (χ0n) is 10.4. The molecule has 0 bridgehead atoms. The van der Waals surface area contributed by atoms with Gasteiger partial charge in [0.2, 0.25) is 0 Å². The minimum absolute atomic E-state index is 0.142. The van der Waals surface area contributed by atoms with Crippen molar-refractivity contribution >= 4 is 39.1 Å². The van der Waals surface area contributed by atoms with Crippen LogP contribution in [0.15, 0.2) is 40.9 Å². The fourth-order valence-electron chi connectivity index (χ4n) is 1.67. The van der Waals surface area contributed by atoms with Crippen LogP contribution >= 0.6 is 27.5 Å². The highest BCUT2D eigenvalue weighted by molar-refractivity contribution is 9.10. The van der Waals surface area contributed by atoms with Crippen LogP contribution in [0.25, 0.3) is 0 Å². The number of carbonyl (C=O) groups excluding carboxylic acids is 1. The summed E-state index contributed by atoms with van der Waals surface area (Å²) in [7, 11) is 1.38. The standard InChI is InChI=1S/C14H10BrClFNO2/c1-20-12-4-2-3-10(17)13(12)14(19)18-11-6-5-8(16)7-9(11)15/h2-7H,1H3,(H,18,19). The number of hydrogen-bond acceptors (Lipinski definition) is 2. The maximum Gasteiger partial charge on any atom is 0.262 e. The number of rotatable bonds is 3. The van der Waals surface area contributed by atoms with Gasteiger partial charge in [-0.25, -0.2) is 4.39 Å². The van der Waals surface area contributed by atoms with E-state index in [1.807, 2.05) is 0 Å². The Kier molecular flexibility index (Phi) is 4.62. The lowest BCUT2D eigenvalue weighted by Crippen LogP contribution is -2.15. The molecule has 3 nitrogen and oxygen atoms in total. The number of benzene rings is 2. The molecule has 2 aromatic carbocycles. The van der Waals surface area contributed by atoms with E-state index in [1.54, 1.807) is 18.2 Å². The van der Waals surface area contributed by atoms with Gasteiger partial charge in [-0.2, -0.15) is 0 Å². The smallest absolute Gasteiger partial charge is 0.262 e. The summed E-state index contributed by atoms with van der Waals surface area (Å²) < 4.78 is 19.4. The molecule has 0 aliphatic carbocycles. The van der Waals surface area contributed by atoms with Gasteiger partial charge in [-0.05, 0) is 46.3 Å². The first kappa shape index (κ1) is 14.8. The molecule has 0 heterocycles. The predicted molar refractivity (Wildman–Crippen MR) is 80.1 cm³/mol. The van der Waals surface area contributed by atoms with Crippen molar-refractivity contribution in [2.45, 2.75) is 0 Å². The van der Waals surface area contributed by atoms with Gasteiger partial charge < -0.3 is 10.1 Å². The first-order valence-electron chi connectivity index (χ1n) is 5.62. The molecule has 0 saturated heterocycles. The van der Waals surface area contributed by atoms with Crippen LogP contribution in [0.2, 0.25) is 5.02 Å². The van der Waals surface area contributed by atoms with E-state index < -0.39 is 11.7 Å². The lowest BCUT2D eigenvalue weighted by atomic mass is 10.1. The van der Waals surface area contributed by atoms with Crippen molar-refractivity contribution < 1.29 is 13.9 Å². The quantitative estimate of drug-likeness (QED) is 0.877. The summed E-state index contributed by atoms with van der Waals surface area (Å²) in [6.07, 6.45) is 0. The van der Waals surface area contributed by atoms with Crippen LogP contribution in [0.3, 0.4) is 0 Å². The SMILES string of the molecule is COc1cccc(F)c1C(=O)Nc1ccc(Cl)cc1Br. The Labute approximate surface area is 128 Å². The Morgan fingerprint density at radius 2 is 2.10 bits per heavy atom. The molecule has 0 unspecified atom stereocenters. The van der Waals surface area contributed by atoms with Crippen molar-refractivity contribution in [2.75, 3.05) is 12.4 Å². The van der Waals surface area contributed by atoms with Crippen LogP contribution < -0.4 is 10.1 Å². The van der Waals surface area contributed by atoms with E-state index in [9.17, 15) is 9.18 Å². The van der Waals surface area contributed by atoms with Gasteiger partial charge in [0.1, 0.15) is 17.1 Å². The highest BCUT2D eigenvalue weighted by Gasteiger charge is 2.18. The van der Waals surface area contributed by atoms with E-state index in [-0.39, 0.29) is 11.3 Å². The van der Waals surface area contributed by atoms with E-state index in [2.05, 4.69) is 21.2 Å². The van der Waals surface area contributed by atoms with Crippen molar-refractivity contribution in [3.8, 4) is 5.75 Å². The van der Waals surface area contributed by atoms with Crippen molar-refractivity contribution in [2.24, 2.45) is 0 Å². The molecule has 2 rings (SSSR count). The second kappa shape index (κ2) is 6.24. The van der Waals surface area contributed by atoms with Gasteiger partial charge in [0, 0.05) is 9.50 Å². The molecule has 104 valence electrons. The van der Waals surface area contributed by atoms with E-state index in [1.165, 1.54) is 25.3 Å². The van der Waals surface area contributed by atoms with Crippen LogP contribution in [0.5, 0.6) is 5.75 Å². The second-order valence-corrected chi connectivity index (χ2v) is 5.19. The topological polar surface area (TPSA) is 38.3 Å². The largest absolute Gasteiger partial charge is 0.496 e. The van der Waals surface area contributed by atoms with Crippen molar-refractivity contribution in [1.29, 1.82) is 0 Å². The minimum atomic E-state index is -0.646. The summed E-state index contributed by atoms with van der Waals surface area (Å²) in [5.74, 6) is -1.07. The minimum Gasteiger partial charge on any atom is -0.496 e. The van der Waals surface area contributed by atoms with Gasteiger partial charge in [0.05, 0.1) is 12.8 Å². The molecule has 0 fully saturated rings. The van der Waals surface area contributed by atoms with Gasteiger partial charge in [-0.3, -0.25) is 4.79 Å². The predicted octanol–water partition coefficient (Wildman–Crippen LogP) is 4.50. The average Bonchev–Trinajstić information content (AvgIpc) is 2.41. The molecule has 1 N–H and O–H groups in total. The van der Waals surface area contributed by atoms with Gasteiger partial charge in [-0.1, -0.05) is 17.7 Å². The van der Waals surface area contributed by atoms with Crippen LogP contribution in [-0.2, 0) is 0 Å². The fourth-order valence-corrected chi connectivity index (χ4v) is 2.45. The van der Waals surface area contributed by atoms with Crippen LogP contribution in [0.4, 0.5) is 10.1 Å². The fraction of sp³-hybridized carbons (Fsp3) is 0.0714. The zero-order chi connectivity index (χ0) is 14.7. The third kappa shape index (κ3) is 3.11. The lowest BCUT2D eigenvalue weighted by Gasteiger charge is -2.11. The maximum absolute atomic E-state index is 13.8. The van der Waals surface area contributed by atoms with E-state index in [0.717, 1.165) is 0 Å². The zero-order valence-corrected chi connectivity index (χ0v) is 12.8. The van der Waals surface area contributed by atoms with E-state index >= 15 is 0 Å². The third-order valence-corrected chi connectivity index (χ3v) is 3.49. The van der Waals surface area contributed by atoms with Crippen molar-refractivity contribution in [1.82, 2.24) is 0 Å². The summed E-state index contributed by atoms with van der Waals surface area (Å²) in [4.78, 5) is 12.2. The Hall–Kier alpha value is -1.59. The number of anilines is 1. The number of ether oxygens (including phenoxy) is 1. The number of halogens is 3. The second-order valence-electron chi connectivity index (χ2n) is 3.90.